The van der Waals surface area contributed by atoms with Gasteiger partial charge in [0, 0.05) is 32.1 Å². The summed E-state index contributed by atoms with van der Waals surface area (Å²) >= 11 is 0. The van der Waals surface area contributed by atoms with Crippen molar-refractivity contribution in [2.75, 3.05) is 26.2 Å². The Morgan fingerprint density at radius 2 is 1.73 bits per heavy atom. The van der Waals surface area contributed by atoms with Crippen molar-refractivity contribution >= 4 is 23.6 Å². The zero-order valence-corrected chi connectivity index (χ0v) is 14.8. The van der Waals surface area contributed by atoms with E-state index in [2.05, 4.69) is 16.0 Å². The first-order chi connectivity index (χ1) is 12.5. The highest BCUT2D eigenvalue weighted by Gasteiger charge is 2.34. The average molecular weight is 360 g/mol. The topological polar surface area (TPSA) is 108 Å². The van der Waals surface area contributed by atoms with E-state index in [1.165, 1.54) is 6.92 Å². The number of amides is 4. The fraction of sp³-hybridized carbons (Fsp3) is 0.444. The number of carbonyl (C=O) groups excluding carboxylic acids is 4. The third-order valence-corrected chi connectivity index (χ3v) is 4.08. The van der Waals surface area contributed by atoms with Gasteiger partial charge in [0.05, 0.1) is 6.54 Å². The highest BCUT2D eigenvalue weighted by atomic mass is 16.2. The van der Waals surface area contributed by atoms with Gasteiger partial charge in [-0.1, -0.05) is 18.2 Å². The van der Waals surface area contributed by atoms with E-state index in [1.807, 2.05) is 6.07 Å². The largest absolute Gasteiger partial charge is 0.355 e. The van der Waals surface area contributed by atoms with Crippen LogP contribution >= 0.6 is 0 Å². The molecule has 1 aliphatic heterocycles. The minimum absolute atomic E-state index is 0.164. The molecule has 1 aromatic rings. The molecule has 0 aliphatic carbocycles. The molecule has 1 aliphatic rings. The lowest BCUT2D eigenvalue weighted by Crippen LogP contribution is -2.48. The molecular formula is C18H24N4O4. The highest BCUT2D eigenvalue weighted by molar-refractivity contribution is 5.98. The van der Waals surface area contributed by atoms with Gasteiger partial charge >= 0.3 is 0 Å². The van der Waals surface area contributed by atoms with E-state index < -0.39 is 6.04 Å². The molecule has 1 atom stereocenters. The molecule has 1 fully saturated rings. The zero-order valence-electron chi connectivity index (χ0n) is 14.8. The Labute approximate surface area is 152 Å². The molecule has 0 aromatic heterocycles. The average Bonchev–Trinajstić information content (AvgIpc) is 3.13. The summed E-state index contributed by atoms with van der Waals surface area (Å²) in [5.41, 5.74) is 0.544. The van der Waals surface area contributed by atoms with Crippen molar-refractivity contribution in [2.45, 2.75) is 25.8 Å². The predicted octanol–water partition coefficient (Wildman–Crippen LogP) is -0.340. The standard InChI is InChI=1S/C18H24N4O4/c1-13(23)19-9-10-20-16(24)12-21-17(25)15-8-5-11-22(15)18(26)14-6-3-2-4-7-14/h2-4,6-7,15H,5,8-12H2,1H3,(H,19,23)(H,20,24)(H,21,25)/t15-/m0/s1. The number of hydrogen-bond acceptors (Lipinski definition) is 4. The third kappa shape index (κ3) is 5.58. The van der Waals surface area contributed by atoms with Gasteiger partial charge in [-0.3, -0.25) is 19.2 Å². The molecule has 2 rings (SSSR count). The number of likely N-dealkylation sites (tertiary alicyclic amines) is 1. The molecule has 0 saturated carbocycles. The summed E-state index contributed by atoms with van der Waals surface area (Å²) in [4.78, 5) is 48.9. The molecule has 0 bridgehead atoms. The first-order valence-corrected chi connectivity index (χ1v) is 8.64. The van der Waals surface area contributed by atoms with Crippen LogP contribution in [0.1, 0.15) is 30.1 Å². The minimum Gasteiger partial charge on any atom is -0.355 e. The molecule has 0 spiro atoms. The Morgan fingerprint density at radius 3 is 2.42 bits per heavy atom. The van der Waals surface area contributed by atoms with Crippen LogP contribution in [-0.4, -0.2) is 60.7 Å². The Hall–Kier alpha value is -2.90. The fourth-order valence-electron chi connectivity index (χ4n) is 2.82. The number of hydrogen-bond donors (Lipinski definition) is 3. The molecule has 1 aromatic carbocycles. The number of nitrogens with zero attached hydrogens (tertiary/aromatic N) is 1. The summed E-state index contributed by atoms with van der Waals surface area (Å²) in [6.07, 6.45) is 1.33. The maximum Gasteiger partial charge on any atom is 0.254 e. The Kier molecular flexibility index (Phi) is 7.13. The van der Waals surface area contributed by atoms with Gasteiger partial charge in [0.2, 0.25) is 17.7 Å². The number of rotatable bonds is 7. The van der Waals surface area contributed by atoms with Crippen LogP contribution in [0.15, 0.2) is 30.3 Å². The zero-order chi connectivity index (χ0) is 18.9. The number of nitrogens with one attached hydrogen (secondary N) is 3. The fourth-order valence-corrected chi connectivity index (χ4v) is 2.82. The van der Waals surface area contributed by atoms with Crippen LogP contribution in [-0.2, 0) is 14.4 Å². The van der Waals surface area contributed by atoms with Crippen molar-refractivity contribution in [1.29, 1.82) is 0 Å². The number of benzene rings is 1. The van der Waals surface area contributed by atoms with Crippen LogP contribution in [0.25, 0.3) is 0 Å². The van der Waals surface area contributed by atoms with Crippen LogP contribution in [0.4, 0.5) is 0 Å². The van der Waals surface area contributed by atoms with Crippen LogP contribution in [0, 0.1) is 0 Å². The van der Waals surface area contributed by atoms with E-state index >= 15 is 0 Å². The van der Waals surface area contributed by atoms with Crippen molar-refractivity contribution in [3.05, 3.63) is 35.9 Å². The lowest BCUT2D eigenvalue weighted by atomic mass is 10.1. The second-order valence-corrected chi connectivity index (χ2v) is 6.07. The second-order valence-electron chi connectivity index (χ2n) is 6.07. The second kappa shape index (κ2) is 9.55. The summed E-state index contributed by atoms with van der Waals surface area (Å²) in [6, 6.07) is 8.27. The van der Waals surface area contributed by atoms with Crippen molar-refractivity contribution in [3.8, 4) is 0 Å². The molecule has 4 amide bonds. The molecule has 26 heavy (non-hydrogen) atoms. The Balaban J connectivity index is 1.80. The summed E-state index contributed by atoms with van der Waals surface area (Å²) in [7, 11) is 0. The van der Waals surface area contributed by atoms with Gasteiger partial charge in [-0.15, -0.1) is 0 Å². The maximum atomic E-state index is 12.6. The lowest BCUT2D eigenvalue weighted by Gasteiger charge is -2.24. The van der Waals surface area contributed by atoms with Crippen molar-refractivity contribution in [1.82, 2.24) is 20.9 Å². The van der Waals surface area contributed by atoms with Crippen molar-refractivity contribution in [3.63, 3.8) is 0 Å². The van der Waals surface area contributed by atoms with Crippen LogP contribution < -0.4 is 16.0 Å². The summed E-state index contributed by atoms with van der Waals surface area (Å²) in [5.74, 6) is -1.02. The highest BCUT2D eigenvalue weighted by Crippen LogP contribution is 2.20. The quantitative estimate of drug-likeness (QED) is 0.578. The molecule has 0 unspecified atom stereocenters. The lowest BCUT2D eigenvalue weighted by molar-refractivity contribution is -0.128. The van der Waals surface area contributed by atoms with Crippen molar-refractivity contribution < 1.29 is 19.2 Å². The smallest absolute Gasteiger partial charge is 0.254 e. The normalized spacial score (nSPS) is 16.0. The summed E-state index contributed by atoms with van der Waals surface area (Å²) < 4.78 is 0. The molecule has 0 radical (unpaired) electrons. The van der Waals surface area contributed by atoms with Crippen LogP contribution in [0.3, 0.4) is 0 Å². The van der Waals surface area contributed by atoms with Crippen LogP contribution in [0.2, 0.25) is 0 Å². The van der Waals surface area contributed by atoms with Gasteiger partial charge in [0.15, 0.2) is 0 Å². The van der Waals surface area contributed by atoms with E-state index in [1.54, 1.807) is 29.2 Å². The van der Waals surface area contributed by atoms with Gasteiger partial charge in [-0.05, 0) is 25.0 Å². The van der Waals surface area contributed by atoms with E-state index in [-0.39, 0.29) is 36.7 Å². The van der Waals surface area contributed by atoms with Crippen LogP contribution in [0.5, 0.6) is 0 Å². The summed E-state index contributed by atoms with van der Waals surface area (Å²) in [5, 5.41) is 7.73. The number of carbonyl (C=O) groups is 4. The van der Waals surface area contributed by atoms with Gasteiger partial charge in [-0.2, -0.15) is 0 Å². The Morgan fingerprint density at radius 1 is 1.04 bits per heavy atom. The van der Waals surface area contributed by atoms with E-state index in [0.29, 0.717) is 25.1 Å². The minimum atomic E-state index is -0.560. The van der Waals surface area contributed by atoms with E-state index in [4.69, 9.17) is 0 Å². The SMILES string of the molecule is CC(=O)NCCNC(=O)CNC(=O)[C@@H]1CCCN1C(=O)c1ccccc1. The molecular weight excluding hydrogens is 336 g/mol. The summed E-state index contributed by atoms with van der Waals surface area (Å²) in [6.45, 7) is 2.37. The molecule has 1 saturated heterocycles. The van der Waals surface area contributed by atoms with Gasteiger partial charge in [-0.25, -0.2) is 0 Å². The third-order valence-electron chi connectivity index (χ3n) is 4.08. The van der Waals surface area contributed by atoms with Crippen molar-refractivity contribution in [2.24, 2.45) is 0 Å². The first kappa shape index (κ1) is 19.4. The molecule has 8 heteroatoms. The first-order valence-electron chi connectivity index (χ1n) is 8.64. The molecule has 1 heterocycles. The Bertz CT molecular complexity index is 662. The van der Waals surface area contributed by atoms with Gasteiger partial charge in [0.1, 0.15) is 6.04 Å². The van der Waals surface area contributed by atoms with E-state index in [9.17, 15) is 19.2 Å². The van der Waals surface area contributed by atoms with Gasteiger partial charge in [0.25, 0.3) is 5.91 Å². The molecule has 3 N–H and O–H groups in total. The monoisotopic (exact) mass is 360 g/mol. The molecule has 8 nitrogen and oxygen atoms in total. The molecule has 140 valence electrons. The van der Waals surface area contributed by atoms with E-state index in [0.717, 1.165) is 6.42 Å². The maximum absolute atomic E-state index is 12.6. The predicted molar refractivity (Wildman–Crippen MR) is 95.2 cm³/mol. The van der Waals surface area contributed by atoms with Gasteiger partial charge < -0.3 is 20.9 Å².